The average molecular weight is 278 g/mol. The molecule has 1 aliphatic carbocycles. The maximum absolute atomic E-state index is 5.89. The van der Waals surface area contributed by atoms with Gasteiger partial charge in [-0.25, -0.2) is 4.98 Å². The van der Waals surface area contributed by atoms with Crippen molar-refractivity contribution in [3.63, 3.8) is 0 Å². The van der Waals surface area contributed by atoms with Crippen LogP contribution in [-0.2, 0) is 13.0 Å². The van der Waals surface area contributed by atoms with Gasteiger partial charge in [0, 0.05) is 25.0 Å². The summed E-state index contributed by atoms with van der Waals surface area (Å²) in [5, 5.41) is 0. The van der Waals surface area contributed by atoms with Crippen LogP contribution in [-0.4, -0.2) is 20.4 Å². The molecule has 102 valence electrons. The predicted molar refractivity (Wildman–Crippen MR) is 78.5 cm³/mol. The van der Waals surface area contributed by atoms with Crippen LogP contribution in [0.4, 0.5) is 0 Å². The molecule has 0 unspecified atom stereocenters. The first kappa shape index (κ1) is 12.9. The molecule has 0 N–H and O–H groups in total. The first-order valence-corrected chi connectivity index (χ1v) is 7.77. The second-order valence-electron chi connectivity index (χ2n) is 5.42. The Hall–Kier alpha value is -1.09. The fraction of sp³-hybridized carbons (Fsp3) is 0.600. The molecule has 2 heterocycles. The number of pyridine rings is 1. The Morgan fingerprint density at radius 1 is 1.32 bits per heavy atom. The molecule has 3 rings (SSSR count). The van der Waals surface area contributed by atoms with Gasteiger partial charge in [-0.15, -0.1) is 11.6 Å². The van der Waals surface area contributed by atoms with Crippen molar-refractivity contribution in [1.29, 1.82) is 0 Å². The lowest BCUT2D eigenvalue weighted by Crippen LogP contribution is -2.08. The Kier molecular flexibility index (Phi) is 4.02. The van der Waals surface area contributed by atoms with Crippen LogP contribution in [0.1, 0.15) is 37.9 Å². The number of nitrogens with zero attached hydrogens (tertiary/aromatic N) is 3. The molecule has 0 aliphatic heterocycles. The van der Waals surface area contributed by atoms with Crippen LogP contribution >= 0.6 is 11.6 Å². The van der Waals surface area contributed by atoms with E-state index in [2.05, 4.69) is 20.6 Å². The van der Waals surface area contributed by atoms with Crippen LogP contribution in [0, 0.1) is 5.92 Å². The van der Waals surface area contributed by atoms with Crippen LogP contribution in [0.2, 0.25) is 0 Å². The minimum Gasteiger partial charge on any atom is -0.328 e. The van der Waals surface area contributed by atoms with E-state index in [-0.39, 0.29) is 0 Å². The van der Waals surface area contributed by atoms with Gasteiger partial charge in [0.2, 0.25) is 0 Å². The van der Waals surface area contributed by atoms with E-state index < -0.39 is 0 Å². The van der Waals surface area contributed by atoms with E-state index in [1.54, 1.807) is 0 Å². The third kappa shape index (κ3) is 2.76. The molecule has 0 spiro atoms. The van der Waals surface area contributed by atoms with Gasteiger partial charge in [0.05, 0.1) is 11.7 Å². The lowest BCUT2D eigenvalue weighted by molar-refractivity contribution is 0.457. The van der Waals surface area contributed by atoms with Crippen LogP contribution in [0.3, 0.4) is 0 Å². The summed E-state index contributed by atoms with van der Waals surface area (Å²) in [6, 6.07) is 2.06. The highest BCUT2D eigenvalue weighted by Gasteiger charge is 2.16. The smallest absolute Gasteiger partial charge is 0.111 e. The molecule has 0 saturated heterocycles. The third-order valence-corrected chi connectivity index (χ3v) is 4.37. The SMILES string of the molecule is ClCCc1nc2cnccc2n1CCC1CCCC1. The average Bonchev–Trinajstić information content (AvgIpc) is 3.04. The van der Waals surface area contributed by atoms with E-state index in [0.717, 1.165) is 30.2 Å². The molecule has 3 nitrogen and oxygen atoms in total. The Morgan fingerprint density at radius 2 is 2.16 bits per heavy atom. The molecule has 0 radical (unpaired) electrons. The van der Waals surface area contributed by atoms with E-state index in [1.165, 1.54) is 37.6 Å². The molecule has 2 aromatic heterocycles. The van der Waals surface area contributed by atoms with E-state index >= 15 is 0 Å². The molecule has 0 atom stereocenters. The Labute approximate surface area is 119 Å². The number of alkyl halides is 1. The van der Waals surface area contributed by atoms with Gasteiger partial charge in [-0.1, -0.05) is 25.7 Å². The van der Waals surface area contributed by atoms with Gasteiger partial charge in [-0.2, -0.15) is 0 Å². The third-order valence-electron chi connectivity index (χ3n) is 4.18. The van der Waals surface area contributed by atoms with Crippen molar-refractivity contribution in [2.24, 2.45) is 5.92 Å². The van der Waals surface area contributed by atoms with Crippen LogP contribution in [0.5, 0.6) is 0 Å². The van der Waals surface area contributed by atoms with Gasteiger partial charge in [0.15, 0.2) is 0 Å². The Morgan fingerprint density at radius 3 is 2.95 bits per heavy atom. The number of halogens is 1. The molecule has 1 saturated carbocycles. The summed E-state index contributed by atoms with van der Waals surface area (Å²) in [6.07, 6.45) is 11.4. The van der Waals surface area contributed by atoms with Crippen LogP contribution in [0.25, 0.3) is 11.0 Å². The highest BCUT2D eigenvalue weighted by atomic mass is 35.5. The molecule has 0 amide bonds. The summed E-state index contributed by atoms with van der Waals surface area (Å²) in [4.78, 5) is 8.82. The highest BCUT2D eigenvalue weighted by Crippen LogP contribution is 2.28. The van der Waals surface area contributed by atoms with Crippen molar-refractivity contribution in [1.82, 2.24) is 14.5 Å². The monoisotopic (exact) mass is 277 g/mol. The molecular formula is C15H20ClN3. The number of rotatable bonds is 5. The van der Waals surface area contributed by atoms with Crippen molar-refractivity contribution in [3.8, 4) is 0 Å². The quantitative estimate of drug-likeness (QED) is 0.779. The molecular weight excluding hydrogens is 258 g/mol. The van der Waals surface area contributed by atoms with Crippen molar-refractivity contribution in [3.05, 3.63) is 24.3 Å². The fourth-order valence-corrected chi connectivity index (χ4v) is 3.34. The van der Waals surface area contributed by atoms with E-state index in [0.29, 0.717) is 5.88 Å². The summed E-state index contributed by atoms with van der Waals surface area (Å²) < 4.78 is 2.34. The zero-order valence-corrected chi connectivity index (χ0v) is 11.9. The number of hydrogen-bond donors (Lipinski definition) is 0. The second-order valence-corrected chi connectivity index (χ2v) is 5.80. The maximum Gasteiger partial charge on any atom is 0.111 e. The van der Waals surface area contributed by atoms with Crippen LogP contribution in [0.15, 0.2) is 18.5 Å². The van der Waals surface area contributed by atoms with Gasteiger partial charge in [-0.05, 0) is 18.4 Å². The number of aromatic nitrogens is 3. The lowest BCUT2D eigenvalue weighted by atomic mass is 10.0. The number of fused-ring (bicyclic) bond motifs is 1. The first-order chi connectivity index (χ1) is 9.38. The largest absolute Gasteiger partial charge is 0.328 e. The van der Waals surface area contributed by atoms with Gasteiger partial charge < -0.3 is 4.57 Å². The Balaban J connectivity index is 1.84. The fourth-order valence-electron chi connectivity index (χ4n) is 3.17. The Bertz CT molecular complexity index is 543. The molecule has 2 aromatic rings. The summed E-state index contributed by atoms with van der Waals surface area (Å²) >= 11 is 5.89. The van der Waals surface area contributed by atoms with E-state index in [4.69, 9.17) is 11.6 Å². The minimum absolute atomic E-state index is 0.625. The maximum atomic E-state index is 5.89. The molecule has 1 fully saturated rings. The van der Waals surface area contributed by atoms with Gasteiger partial charge in [0.1, 0.15) is 11.3 Å². The zero-order chi connectivity index (χ0) is 13.1. The molecule has 19 heavy (non-hydrogen) atoms. The van der Waals surface area contributed by atoms with Crippen molar-refractivity contribution >= 4 is 22.6 Å². The van der Waals surface area contributed by atoms with Crippen molar-refractivity contribution in [2.75, 3.05) is 5.88 Å². The molecule has 1 aliphatic rings. The lowest BCUT2D eigenvalue weighted by Gasteiger charge is -2.12. The summed E-state index contributed by atoms with van der Waals surface area (Å²) in [6.45, 7) is 1.07. The predicted octanol–water partition coefficient (Wildman–Crippen LogP) is 3.79. The van der Waals surface area contributed by atoms with Crippen LogP contribution < -0.4 is 0 Å². The normalized spacial score (nSPS) is 16.5. The summed E-state index contributed by atoms with van der Waals surface area (Å²) in [5.74, 6) is 2.64. The molecule has 0 bridgehead atoms. The van der Waals surface area contributed by atoms with E-state index in [9.17, 15) is 0 Å². The number of imidazole rings is 1. The standard InChI is InChI=1S/C15H20ClN3/c16-8-5-15-18-13-11-17-9-6-14(13)19(15)10-7-12-3-1-2-4-12/h6,9,11-12H,1-5,7-8,10H2. The zero-order valence-electron chi connectivity index (χ0n) is 11.2. The molecule has 4 heteroatoms. The van der Waals surface area contributed by atoms with Crippen molar-refractivity contribution < 1.29 is 0 Å². The highest BCUT2D eigenvalue weighted by molar-refractivity contribution is 6.17. The van der Waals surface area contributed by atoms with Gasteiger partial charge in [-0.3, -0.25) is 4.98 Å². The number of aryl methyl sites for hydroxylation is 2. The van der Waals surface area contributed by atoms with Gasteiger partial charge in [0.25, 0.3) is 0 Å². The topological polar surface area (TPSA) is 30.7 Å². The van der Waals surface area contributed by atoms with E-state index in [1.807, 2.05) is 12.4 Å². The molecule has 0 aromatic carbocycles. The minimum atomic E-state index is 0.625. The summed E-state index contributed by atoms with van der Waals surface area (Å²) in [7, 11) is 0. The second kappa shape index (κ2) is 5.91. The number of hydrogen-bond acceptors (Lipinski definition) is 2. The van der Waals surface area contributed by atoms with Gasteiger partial charge >= 0.3 is 0 Å². The summed E-state index contributed by atoms with van der Waals surface area (Å²) in [5.41, 5.74) is 2.20. The van der Waals surface area contributed by atoms with Crippen molar-refractivity contribution in [2.45, 2.75) is 45.1 Å². The first-order valence-electron chi connectivity index (χ1n) is 7.23.